The number of aromatic nitrogens is 4. The minimum absolute atomic E-state index is 0.351. The summed E-state index contributed by atoms with van der Waals surface area (Å²) < 4.78 is 5.31. The van der Waals surface area contributed by atoms with Gasteiger partial charge >= 0.3 is 0 Å². The van der Waals surface area contributed by atoms with Crippen LogP contribution in [0.1, 0.15) is 0 Å². The number of nitrogens with zero attached hydrogens (tertiary/aromatic N) is 3. The number of ether oxygens (including phenoxy) is 1. The zero-order valence-electron chi connectivity index (χ0n) is 14.2. The summed E-state index contributed by atoms with van der Waals surface area (Å²) in [5.41, 5.74) is 10.3. The number of rotatable bonds is 4. The summed E-state index contributed by atoms with van der Waals surface area (Å²) in [6, 6.07) is 15.7. The molecule has 0 unspecified atom stereocenters. The van der Waals surface area contributed by atoms with Crippen LogP contribution in [0.25, 0.3) is 33.9 Å². The van der Waals surface area contributed by atoms with E-state index in [4.69, 9.17) is 15.5 Å². The van der Waals surface area contributed by atoms with E-state index >= 15 is 0 Å². The lowest BCUT2D eigenvalue weighted by molar-refractivity contribution is 0.415. The molecule has 0 fully saturated rings. The molecule has 0 saturated heterocycles. The number of hydrogen-bond acceptors (Lipinski definition) is 5. The number of nitrogens with one attached hydrogen (secondary N) is 1. The van der Waals surface area contributed by atoms with Gasteiger partial charge in [-0.3, -0.25) is 4.98 Å². The van der Waals surface area contributed by atoms with E-state index in [1.807, 2.05) is 48.5 Å². The van der Waals surface area contributed by atoms with Crippen molar-refractivity contribution in [1.82, 2.24) is 19.9 Å². The van der Waals surface area contributed by atoms with Gasteiger partial charge in [-0.05, 0) is 18.2 Å². The molecule has 0 spiro atoms. The Morgan fingerprint density at radius 1 is 0.962 bits per heavy atom. The van der Waals surface area contributed by atoms with Crippen LogP contribution < -0.4 is 10.5 Å². The third-order valence-electron chi connectivity index (χ3n) is 4.10. The smallest absolute Gasteiger partial charge is 0.166 e. The van der Waals surface area contributed by atoms with E-state index in [1.165, 1.54) is 0 Å². The highest BCUT2D eigenvalue weighted by Gasteiger charge is 2.16. The van der Waals surface area contributed by atoms with Crippen LogP contribution in [0, 0.1) is 0 Å². The molecule has 3 heterocycles. The van der Waals surface area contributed by atoms with E-state index < -0.39 is 0 Å². The number of pyridine rings is 2. The van der Waals surface area contributed by atoms with Gasteiger partial charge in [-0.2, -0.15) is 0 Å². The van der Waals surface area contributed by atoms with Crippen LogP contribution in [0.15, 0.2) is 67.1 Å². The average Bonchev–Trinajstić information content (AvgIpc) is 3.15. The van der Waals surface area contributed by atoms with Gasteiger partial charge in [0.15, 0.2) is 11.6 Å². The molecule has 3 N–H and O–H groups in total. The maximum atomic E-state index is 5.85. The van der Waals surface area contributed by atoms with E-state index in [2.05, 4.69) is 15.0 Å². The Morgan fingerprint density at radius 3 is 2.46 bits per heavy atom. The first kappa shape index (κ1) is 15.8. The number of anilines is 1. The minimum atomic E-state index is 0.351. The van der Waals surface area contributed by atoms with Gasteiger partial charge < -0.3 is 15.5 Å². The fraction of sp³-hybridized carbons (Fsp3) is 0.0500. The van der Waals surface area contributed by atoms with Crippen LogP contribution in [0.3, 0.4) is 0 Å². The zero-order chi connectivity index (χ0) is 17.9. The Labute approximate surface area is 150 Å². The molecule has 0 saturated carbocycles. The summed E-state index contributed by atoms with van der Waals surface area (Å²) in [5.74, 6) is 1.66. The molecule has 26 heavy (non-hydrogen) atoms. The highest BCUT2D eigenvalue weighted by atomic mass is 16.5. The van der Waals surface area contributed by atoms with Crippen LogP contribution in [0.4, 0.5) is 5.82 Å². The topological polar surface area (TPSA) is 89.7 Å². The molecule has 4 aromatic rings. The second-order valence-electron chi connectivity index (χ2n) is 5.72. The summed E-state index contributed by atoms with van der Waals surface area (Å²) in [6.45, 7) is 0. The van der Waals surface area contributed by atoms with E-state index in [1.54, 1.807) is 25.7 Å². The Bertz CT molecular complexity index is 1030. The standard InChI is InChI=1S/C20H17N5O/c1-26-16-11-15(12-23-19(16)21)18-17(13-7-9-22-10-8-13)24-20(25-18)14-5-3-2-4-6-14/h2-12H,1H3,(H2,21,23)(H,24,25). The van der Waals surface area contributed by atoms with E-state index in [9.17, 15) is 0 Å². The Hall–Kier alpha value is -3.67. The SMILES string of the molecule is COc1cc(-c2[nH]c(-c3ccccc3)nc2-c2ccncc2)cnc1N. The highest BCUT2D eigenvalue weighted by Crippen LogP contribution is 2.34. The lowest BCUT2D eigenvalue weighted by Crippen LogP contribution is -1.96. The number of methoxy groups -OCH3 is 1. The molecule has 0 bridgehead atoms. The number of nitrogens with two attached hydrogens (primary N) is 1. The molecule has 4 rings (SSSR count). The van der Waals surface area contributed by atoms with Crippen LogP contribution in [0.5, 0.6) is 5.75 Å². The minimum Gasteiger partial charge on any atom is -0.493 e. The zero-order valence-corrected chi connectivity index (χ0v) is 14.2. The number of benzene rings is 1. The molecule has 6 nitrogen and oxygen atoms in total. The predicted molar refractivity (Wildman–Crippen MR) is 101 cm³/mol. The van der Waals surface area contributed by atoms with Crippen LogP contribution in [-0.2, 0) is 0 Å². The molecular weight excluding hydrogens is 326 g/mol. The van der Waals surface area contributed by atoms with Crippen molar-refractivity contribution in [1.29, 1.82) is 0 Å². The molecule has 1 aromatic carbocycles. The quantitative estimate of drug-likeness (QED) is 0.588. The summed E-state index contributed by atoms with van der Waals surface area (Å²) in [7, 11) is 1.57. The van der Waals surface area contributed by atoms with E-state index in [0.717, 1.165) is 33.9 Å². The number of nitrogen functional groups attached to an aromatic ring is 1. The molecule has 0 aliphatic heterocycles. The van der Waals surface area contributed by atoms with Gasteiger partial charge in [-0.1, -0.05) is 30.3 Å². The van der Waals surface area contributed by atoms with E-state index in [0.29, 0.717) is 11.6 Å². The first-order valence-corrected chi connectivity index (χ1v) is 8.12. The van der Waals surface area contributed by atoms with Crippen molar-refractivity contribution in [3.63, 3.8) is 0 Å². The largest absolute Gasteiger partial charge is 0.493 e. The number of aromatic amines is 1. The molecule has 0 radical (unpaired) electrons. The maximum absolute atomic E-state index is 5.85. The Balaban J connectivity index is 1.91. The van der Waals surface area contributed by atoms with Gasteiger partial charge in [-0.15, -0.1) is 0 Å². The van der Waals surface area contributed by atoms with Gasteiger partial charge in [0.1, 0.15) is 5.82 Å². The normalized spacial score (nSPS) is 10.7. The monoisotopic (exact) mass is 343 g/mol. The van der Waals surface area contributed by atoms with Crippen molar-refractivity contribution >= 4 is 5.82 Å². The molecule has 0 aliphatic carbocycles. The molecule has 3 aromatic heterocycles. The van der Waals surface area contributed by atoms with Crippen molar-refractivity contribution in [3.8, 4) is 39.7 Å². The average molecular weight is 343 g/mol. The second-order valence-corrected chi connectivity index (χ2v) is 5.72. The lowest BCUT2D eigenvalue weighted by atomic mass is 10.1. The summed E-state index contributed by atoms with van der Waals surface area (Å²) in [4.78, 5) is 16.6. The van der Waals surface area contributed by atoms with Crippen molar-refractivity contribution in [3.05, 3.63) is 67.1 Å². The third kappa shape index (κ3) is 2.88. The first-order chi connectivity index (χ1) is 12.8. The fourth-order valence-electron chi connectivity index (χ4n) is 2.79. The van der Waals surface area contributed by atoms with E-state index in [-0.39, 0.29) is 0 Å². The molecular formula is C20H17N5O. The van der Waals surface area contributed by atoms with Gasteiger partial charge in [0.25, 0.3) is 0 Å². The molecule has 0 amide bonds. The third-order valence-corrected chi connectivity index (χ3v) is 4.10. The summed E-state index contributed by atoms with van der Waals surface area (Å²) in [5, 5.41) is 0. The van der Waals surface area contributed by atoms with Crippen LogP contribution in [-0.4, -0.2) is 27.0 Å². The first-order valence-electron chi connectivity index (χ1n) is 8.12. The number of H-pyrrole nitrogens is 1. The molecule has 0 atom stereocenters. The lowest BCUT2D eigenvalue weighted by Gasteiger charge is -2.07. The van der Waals surface area contributed by atoms with Crippen molar-refractivity contribution < 1.29 is 4.74 Å². The van der Waals surface area contributed by atoms with Crippen LogP contribution in [0.2, 0.25) is 0 Å². The fourth-order valence-corrected chi connectivity index (χ4v) is 2.79. The van der Waals surface area contributed by atoms with Gasteiger partial charge in [0, 0.05) is 35.3 Å². The van der Waals surface area contributed by atoms with Gasteiger partial charge in [0.05, 0.1) is 18.5 Å². The maximum Gasteiger partial charge on any atom is 0.166 e. The second kappa shape index (κ2) is 6.68. The van der Waals surface area contributed by atoms with Crippen molar-refractivity contribution in [2.75, 3.05) is 12.8 Å². The number of imidazole rings is 1. The highest BCUT2D eigenvalue weighted by molar-refractivity contribution is 5.81. The number of hydrogen-bond donors (Lipinski definition) is 2. The summed E-state index contributed by atoms with van der Waals surface area (Å²) in [6.07, 6.45) is 5.21. The molecule has 0 aliphatic rings. The Kier molecular flexibility index (Phi) is 4.07. The van der Waals surface area contributed by atoms with Crippen molar-refractivity contribution in [2.45, 2.75) is 0 Å². The molecule has 128 valence electrons. The van der Waals surface area contributed by atoms with Crippen LogP contribution >= 0.6 is 0 Å². The van der Waals surface area contributed by atoms with Gasteiger partial charge in [-0.25, -0.2) is 9.97 Å². The predicted octanol–water partition coefficient (Wildman–Crippen LogP) is 3.79. The Morgan fingerprint density at radius 2 is 1.73 bits per heavy atom. The van der Waals surface area contributed by atoms with Crippen molar-refractivity contribution in [2.24, 2.45) is 0 Å². The summed E-state index contributed by atoms with van der Waals surface area (Å²) >= 11 is 0. The van der Waals surface area contributed by atoms with Gasteiger partial charge in [0.2, 0.25) is 0 Å². The molecule has 6 heteroatoms.